The van der Waals surface area contributed by atoms with Gasteiger partial charge in [0.15, 0.2) is 0 Å². The Bertz CT molecular complexity index is 1340. The summed E-state index contributed by atoms with van der Waals surface area (Å²) in [7, 11) is 1.56. The molecule has 0 unspecified atom stereocenters. The first-order valence-corrected chi connectivity index (χ1v) is 10.1. The van der Waals surface area contributed by atoms with Crippen molar-refractivity contribution in [3.05, 3.63) is 97.5 Å². The van der Waals surface area contributed by atoms with Gasteiger partial charge in [-0.15, -0.1) is 0 Å². The Balaban J connectivity index is 1.80. The van der Waals surface area contributed by atoms with Crippen molar-refractivity contribution in [3.8, 4) is 11.8 Å². The minimum Gasteiger partial charge on any atom is -0.488 e. The van der Waals surface area contributed by atoms with Crippen molar-refractivity contribution in [2.24, 2.45) is 0 Å². The molecular formula is C25H22FN3O3. The number of allylic oxidation sites excluding steroid dienone is 1. The fourth-order valence-electron chi connectivity index (χ4n) is 4.01. The van der Waals surface area contributed by atoms with E-state index in [-0.39, 0.29) is 18.8 Å². The Labute approximate surface area is 185 Å². The third kappa shape index (κ3) is 4.05. The van der Waals surface area contributed by atoms with E-state index in [2.05, 4.69) is 16.0 Å². The maximum absolute atomic E-state index is 13.8. The SMILES string of the molecule is COCc1nc(C)[nH]c(=O)c1Cc1ccc2c(c1)COc1cc(F)ccc1/C2=C(\C)C#N. The number of aryl methyl sites for hydroxylation is 1. The van der Waals surface area contributed by atoms with Crippen LogP contribution in [0.25, 0.3) is 5.57 Å². The quantitative estimate of drug-likeness (QED) is 0.626. The van der Waals surface area contributed by atoms with Crippen LogP contribution < -0.4 is 10.3 Å². The molecule has 1 aliphatic heterocycles. The lowest BCUT2D eigenvalue weighted by Crippen LogP contribution is -2.20. The second-order valence-electron chi connectivity index (χ2n) is 7.72. The lowest BCUT2D eigenvalue weighted by atomic mass is 9.89. The largest absolute Gasteiger partial charge is 0.488 e. The molecule has 2 heterocycles. The molecule has 32 heavy (non-hydrogen) atoms. The van der Waals surface area contributed by atoms with E-state index in [1.54, 1.807) is 27.0 Å². The number of ether oxygens (including phenoxy) is 2. The smallest absolute Gasteiger partial charge is 0.254 e. The molecule has 1 N–H and O–H groups in total. The van der Waals surface area contributed by atoms with Gasteiger partial charge in [0, 0.05) is 41.9 Å². The van der Waals surface area contributed by atoms with E-state index >= 15 is 0 Å². The highest BCUT2D eigenvalue weighted by atomic mass is 19.1. The van der Waals surface area contributed by atoms with Gasteiger partial charge >= 0.3 is 0 Å². The fraction of sp³-hybridized carbons (Fsp3) is 0.240. The number of fused-ring (bicyclic) bond motifs is 2. The maximum Gasteiger partial charge on any atom is 0.254 e. The molecule has 3 aromatic rings. The van der Waals surface area contributed by atoms with Gasteiger partial charge in [-0.25, -0.2) is 9.37 Å². The Hall–Kier alpha value is -3.76. The van der Waals surface area contributed by atoms with E-state index in [9.17, 15) is 14.4 Å². The molecule has 0 radical (unpaired) electrons. The van der Waals surface area contributed by atoms with Crippen LogP contribution in [0.2, 0.25) is 0 Å². The van der Waals surface area contributed by atoms with Gasteiger partial charge < -0.3 is 14.5 Å². The van der Waals surface area contributed by atoms with Crippen LogP contribution in [0.5, 0.6) is 5.75 Å². The Morgan fingerprint density at radius 1 is 1.28 bits per heavy atom. The Kier molecular flexibility index (Phi) is 5.89. The number of hydrogen-bond donors (Lipinski definition) is 1. The molecule has 7 heteroatoms. The normalized spacial score (nSPS) is 14.0. The molecule has 0 bridgehead atoms. The van der Waals surface area contributed by atoms with E-state index in [0.717, 1.165) is 22.3 Å². The standard InChI is InChI=1S/C25H22FN3O3/c1-14(11-27)24-19-6-4-16(9-21-22(13-31-3)28-15(2)29-25(21)30)8-17(19)12-32-23-10-18(26)5-7-20(23)24/h4-8,10H,9,12-13H2,1-3H3,(H,28,29,30)/b24-14+. The zero-order valence-corrected chi connectivity index (χ0v) is 18.1. The molecule has 2 aromatic carbocycles. The lowest BCUT2D eigenvalue weighted by molar-refractivity contribution is 0.180. The number of rotatable bonds is 4. The summed E-state index contributed by atoms with van der Waals surface area (Å²) in [6.45, 7) is 3.93. The van der Waals surface area contributed by atoms with Crippen LogP contribution in [0.1, 0.15) is 46.3 Å². The molecule has 0 saturated carbocycles. The Morgan fingerprint density at radius 3 is 2.81 bits per heavy atom. The number of halogens is 1. The molecule has 0 spiro atoms. The number of nitrogens with zero attached hydrogens (tertiary/aromatic N) is 2. The second kappa shape index (κ2) is 8.77. The van der Waals surface area contributed by atoms with E-state index in [1.165, 1.54) is 12.1 Å². The molecule has 0 aliphatic carbocycles. The molecule has 1 aliphatic rings. The third-order valence-corrected chi connectivity index (χ3v) is 5.46. The van der Waals surface area contributed by atoms with Crippen LogP contribution in [-0.4, -0.2) is 17.1 Å². The van der Waals surface area contributed by atoms with Crippen molar-refractivity contribution in [1.29, 1.82) is 5.26 Å². The summed E-state index contributed by atoms with van der Waals surface area (Å²) in [6.07, 6.45) is 0.368. The van der Waals surface area contributed by atoms with Crippen molar-refractivity contribution in [3.63, 3.8) is 0 Å². The maximum atomic E-state index is 13.8. The number of H-pyrrole nitrogens is 1. The highest BCUT2D eigenvalue weighted by Crippen LogP contribution is 2.39. The number of aromatic nitrogens is 2. The van der Waals surface area contributed by atoms with Gasteiger partial charge in [0.2, 0.25) is 0 Å². The predicted octanol–water partition coefficient (Wildman–Crippen LogP) is 4.19. The van der Waals surface area contributed by atoms with Crippen LogP contribution in [0, 0.1) is 24.1 Å². The second-order valence-corrected chi connectivity index (χ2v) is 7.72. The summed E-state index contributed by atoms with van der Waals surface area (Å²) in [6, 6.07) is 12.3. The topological polar surface area (TPSA) is 88.0 Å². The number of nitriles is 1. The summed E-state index contributed by atoms with van der Waals surface area (Å²) in [5.74, 6) is 0.530. The zero-order chi connectivity index (χ0) is 22.8. The molecular weight excluding hydrogens is 409 g/mol. The highest BCUT2D eigenvalue weighted by Gasteiger charge is 2.22. The van der Waals surface area contributed by atoms with E-state index < -0.39 is 5.82 Å². The number of aromatic amines is 1. The number of methoxy groups -OCH3 is 1. The zero-order valence-electron chi connectivity index (χ0n) is 18.1. The highest BCUT2D eigenvalue weighted by molar-refractivity contribution is 5.88. The molecule has 6 nitrogen and oxygen atoms in total. The lowest BCUT2D eigenvalue weighted by Gasteiger charge is -2.13. The van der Waals surface area contributed by atoms with Gasteiger partial charge in [-0.05, 0) is 42.7 Å². The molecule has 162 valence electrons. The number of nitrogens with one attached hydrogen (secondary N) is 1. The van der Waals surface area contributed by atoms with E-state index in [0.29, 0.717) is 40.4 Å². The molecule has 0 saturated heterocycles. The van der Waals surface area contributed by atoms with Gasteiger partial charge in [0.1, 0.15) is 24.0 Å². The molecule has 0 amide bonds. The van der Waals surface area contributed by atoms with E-state index in [4.69, 9.17) is 9.47 Å². The first kappa shape index (κ1) is 21.5. The van der Waals surface area contributed by atoms with Gasteiger partial charge in [-0.2, -0.15) is 5.26 Å². The summed E-state index contributed by atoms with van der Waals surface area (Å²) in [4.78, 5) is 19.8. The summed E-state index contributed by atoms with van der Waals surface area (Å²) >= 11 is 0. The monoisotopic (exact) mass is 431 g/mol. The van der Waals surface area contributed by atoms with Crippen LogP contribution in [0.4, 0.5) is 4.39 Å². The molecule has 0 atom stereocenters. The van der Waals surface area contributed by atoms with Gasteiger partial charge in [-0.3, -0.25) is 4.79 Å². The van der Waals surface area contributed by atoms with E-state index in [1.807, 2.05) is 18.2 Å². The van der Waals surface area contributed by atoms with Gasteiger partial charge in [0.05, 0.1) is 18.4 Å². The fourth-order valence-corrected chi connectivity index (χ4v) is 4.01. The summed E-state index contributed by atoms with van der Waals surface area (Å²) in [5.41, 5.74) is 5.46. The first-order chi connectivity index (χ1) is 15.4. The Morgan fingerprint density at radius 2 is 2.06 bits per heavy atom. The minimum atomic E-state index is -0.402. The summed E-state index contributed by atoms with van der Waals surface area (Å²) in [5, 5.41) is 9.59. The van der Waals surface area contributed by atoms with Crippen LogP contribution in [0.15, 0.2) is 46.8 Å². The minimum absolute atomic E-state index is 0.195. The average Bonchev–Trinajstić information content (AvgIpc) is 2.92. The van der Waals surface area contributed by atoms with Crippen molar-refractivity contribution in [2.45, 2.75) is 33.5 Å². The van der Waals surface area contributed by atoms with Gasteiger partial charge in [0.25, 0.3) is 5.56 Å². The van der Waals surface area contributed by atoms with Crippen molar-refractivity contribution in [2.75, 3.05) is 7.11 Å². The molecule has 1 aromatic heterocycles. The van der Waals surface area contributed by atoms with Crippen LogP contribution in [0.3, 0.4) is 0 Å². The van der Waals surface area contributed by atoms with Crippen molar-refractivity contribution >= 4 is 5.57 Å². The molecule has 4 rings (SSSR count). The van der Waals surface area contributed by atoms with Crippen molar-refractivity contribution in [1.82, 2.24) is 9.97 Å². The predicted molar refractivity (Wildman–Crippen MR) is 118 cm³/mol. The first-order valence-electron chi connectivity index (χ1n) is 10.1. The van der Waals surface area contributed by atoms with Crippen molar-refractivity contribution < 1.29 is 13.9 Å². The average molecular weight is 431 g/mol. The van der Waals surface area contributed by atoms with Crippen LogP contribution in [-0.2, 0) is 24.4 Å². The third-order valence-electron chi connectivity index (χ3n) is 5.46. The number of hydrogen-bond acceptors (Lipinski definition) is 5. The molecule has 0 fully saturated rings. The number of benzene rings is 2. The van der Waals surface area contributed by atoms with Gasteiger partial charge in [-0.1, -0.05) is 18.2 Å². The van der Waals surface area contributed by atoms with Crippen LogP contribution >= 0.6 is 0 Å². The summed E-state index contributed by atoms with van der Waals surface area (Å²) < 4.78 is 25.0.